The summed E-state index contributed by atoms with van der Waals surface area (Å²) in [5.41, 5.74) is 0. The number of aliphatic hydroxyl groups excluding tert-OH is 2. The molecule has 0 aliphatic rings. The van der Waals surface area contributed by atoms with Crippen molar-refractivity contribution in [3.05, 3.63) is 36.5 Å². The molecule has 6 nitrogen and oxygen atoms in total. The Hall–Kier alpha value is -1.92. The average Bonchev–Trinajstić information content (AvgIpc) is 3.18. The lowest BCUT2D eigenvalue weighted by Gasteiger charge is -2.20. The van der Waals surface area contributed by atoms with E-state index in [2.05, 4.69) is 43.5 Å². The molecule has 55 heavy (non-hydrogen) atoms. The number of esters is 1. The van der Waals surface area contributed by atoms with Crippen LogP contribution in [0.4, 0.5) is 0 Å². The molecule has 0 heterocycles. The zero-order chi connectivity index (χ0) is 40.1. The number of ether oxygens (including phenoxy) is 1. The van der Waals surface area contributed by atoms with Gasteiger partial charge >= 0.3 is 5.97 Å². The molecule has 0 saturated carbocycles. The molecule has 322 valence electrons. The zero-order valence-corrected chi connectivity index (χ0v) is 36.4. The Labute approximate surface area is 341 Å². The topological polar surface area (TPSA) is 95.9 Å². The minimum absolute atomic E-state index is 0.0234. The minimum Gasteiger partial charge on any atom is -0.466 e. The summed E-state index contributed by atoms with van der Waals surface area (Å²) in [5.74, 6) is -0.109. The quantitative estimate of drug-likeness (QED) is 0.0326. The van der Waals surface area contributed by atoms with Crippen LogP contribution in [0.1, 0.15) is 239 Å². The standard InChI is InChI=1S/C49H91NO5/c1-3-5-7-9-11-13-15-22-25-29-33-37-41-47(52)46(45-51)50-48(53)42-38-34-30-26-23-19-17-16-18-20-24-28-32-36-40-44-55-49(54)43-39-35-31-27-21-14-12-10-8-6-4-2/h10,12,18,20,37,41,46-47,51-52H,3-9,11,13-17,19,21-36,38-40,42-45H2,1-2H3,(H,50,53)/b12-10-,20-18-,41-37+. The molecule has 0 aromatic carbocycles. The number of unbranched alkanes of at least 4 members (excludes halogenated alkanes) is 28. The van der Waals surface area contributed by atoms with E-state index in [1.165, 1.54) is 141 Å². The Kier molecular flexibility index (Phi) is 43.2. The van der Waals surface area contributed by atoms with Crippen molar-refractivity contribution >= 4 is 11.9 Å². The molecule has 6 heteroatoms. The fraction of sp³-hybridized carbons (Fsp3) is 0.837. The normalized spacial score (nSPS) is 13.0. The lowest BCUT2D eigenvalue weighted by Crippen LogP contribution is -2.45. The van der Waals surface area contributed by atoms with Crippen LogP contribution in [0.25, 0.3) is 0 Å². The van der Waals surface area contributed by atoms with Crippen LogP contribution in [-0.4, -0.2) is 47.4 Å². The van der Waals surface area contributed by atoms with Gasteiger partial charge in [0.1, 0.15) is 0 Å². The molecular weight excluding hydrogens is 683 g/mol. The maximum atomic E-state index is 12.4. The van der Waals surface area contributed by atoms with E-state index in [9.17, 15) is 19.8 Å². The number of hydrogen-bond donors (Lipinski definition) is 3. The molecule has 0 fully saturated rings. The fourth-order valence-corrected chi connectivity index (χ4v) is 6.90. The molecule has 0 bridgehead atoms. The molecule has 0 aromatic heterocycles. The molecule has 0 aliphatic heterocycles. The number of hydrogen-bond acceptors (Lipinski definition) is 5. The van der Waals surface area contributed by atoms with Gasteiger partial charge in [-0.25, -0.2) is 0 Å². The summed E-state index contributed by atoms with van der Waals surface area (Å²) in [6.07, 6.45) is 52.7. The smallest absolute Gasteiger partial charge is 0.305 e. The predicted molar refractivity (Wildman–Crippen MR) is 236 cm³/mol. The maximum absolute atomic E-state index is 12.4. The second-order valence-corrected chi connectivity index (χ2v) is 16.1. The number of carbonyl (C=O) groups is 2. The van der Waals surface area contributed by atoms with Crippen molar-refractivity contribution in [3.63, 3.8) is 0 Å². The molecule has 0 saturated heterocycles. The average molecular weight is 774 g/mol. The predicted octanol–water partition coefficient (Wildman–Crippen LogP) is 13.7. The molecule has 3 N–H and O–H groups in total. The Morgan fingerprint density at radius 2 is 0.873 bits per heavy atom. The van der Waals surface area contributed by atoms with E-state index in [0.717, 1.165) is 70.6 Å². The summed E-state index contributed by atoms with van der Waals surface area (Å²) in [6.45, 7) is 4.80. The number of amides is 1. The van der Waals surface area contributed by atoms with E-state index in [-0.39, 0.29) is 18.5 Å². The highest BCUT2D eigenvalue weighted by Crippen LogP contribution is 2.14. The van der Waals surface area contributed by atoms with Gasteiger partial charge in [-0.2, -0.15) is 0 Å². The van der Waals surface area contributed by atoms with Gasteiger partial charge in [0, 0.05) is 12.8 Å². The van der Waals surface area contributed by atoms with Crippen LogP contribution in [0, 0.1) is 0 Å². The first kappa shape index (κ1) is 53.1. The Bertz CT molecular complexity index is 900. The van der Waals surface area contributed by atoms with Gasteiger partial charge < -0.3 is 20.3 Å². The Morgan fingerprint density at radius 1 is 0.491 bits per heavy atom. The van der Waals surface area contributed by atoms with E-state index < -0.39 is 12.1 Å². The zero-order valence-electron chi connectivity index (χ0n) is 36.4. The van der Waals surface area contributed by atoms with Crippen molar-refractivity contribution in [2.45, 2.75) is 251 Å². The summed E-state index contributed by atoms with van der Waals surface area (Å²) in [4.78, 5) is 24.3. The molecule has 1 amide bonds. The largest absolute Gasteiger partial charge is 0.466 e. The van der Waals surface area contributed by atoms with E-state index >= 15 is 0 Å². The van der Waals surface area contributed by atoms with E-state index in [1.807, 2.05) is 6.08 Å². The third kappa shape index (κ3) is 41.5. The maximum Gasteiger partial charge on any atom is 0.305 e. The first-order valence-electron chi connectivity index (χ1n) is 23.8. The highest BCUT2D eigenvalue weighted by atomic mass is 16.5. The monoisotopic (exact) mass is 774 g/mol. The van der Waals surface area contributed by atoms with E-state index in [4.69, 9.17) is 4.74 Å². The number of allylic oxidation sites excluding steroid dienone is 5. The first-order valence-corrected chi connectivity index (χ1v) is 23.8. The van der Waals surface area contributed by atoms with Crippen molar-refractivity contribution in [1.82, 2.24) is 5.32 Å². The second-order valence-electron chi connectivity index (χ2n) is 16.1. The van der Waals surface area contributed by atoms with Gasteiger partial charge in [0.25, 0.3) is 0 Å². The van der Waals surface area contributed by atoms with E-state index in [0.29, 0.717) is 19.4 Å². The molecule has 0 radical (unpaired) electrons. The molecule has 0 aliphatic carbocycles. The third-order valence-corrected chi connectivity index (χ3v) is 10.6. The van der Waals surface area contributed by atoms with Gasteiger partial charge in [0.05, 0.1) is 25.4 Å². The van der Waals surface area contributed by atoms with Crippen LogP contribution in [0.3, 0.4) is 0 Å². The molecule has 0 spiro atoms. The number of rotatable bonds is 43. The minimum atomic E-state index is -0.853. The van der Waals surface area contributed by atoms with Crippen molar-refractivity contribution in [3.8, 4) is 0 Å². The summed E-state index contributed by atoms with van der Waals surface area (Å²) < 4.78 is 5.42. The van der Waals surface area contributed by atoms with Crippen LogP contribution in [0.2, 0.25) is 0 Å². The van der Waals surface area contributed by atoms with Crippen LogP contribution in [0.5, 0.6) is 0 Å². The number of aliphatic hydroxyl groups is 2. The third-order valence-electron chi connectivity index (χ3n) is 10.6. The molecule has 2 atom stereocenters. The fourth-order valence-electron chi connectivity index (χ4n) is 6.90. The first-order chi connectivity index (χ1) is 27.0. The van der Waals surface area contributed by atoms with E-state index in [1.54, 1.807) is 6.08 Å². The second kappa shape index (κ2) is 44.8. The van der Waals surface area contributed by atoms with Crippen LogP contribution in [0.15, 0.2) is 36.5 Å². The van der Waals surface area contributed by atoms with Gasteiger partial charge in [0.2, 0.25) is 5.91 Å². The highest BCUT2D eigenvalue weighted by Gasteiger charge is 2.18. The Balaban J connectivity index is 3.53. The summed E-state index contributed by atoms with van der Waals surface area (Å²) in [6, 6.07) is -0.638. The summed E-state index contributed by atoms with van der Waals surface area (Å²) >= 11 is 0. The SMILES string of the molecule is CCCC/C=C\CCCCCCCC(=O)OCCCCCC/C=C\CCCCCCCCCC(=O)NC(CO)C(O)/C=C/CCCCCCCCCCCC. The lowest BCUT2D eigenvalue weighted by molar-refractivity contribution is -0.143. The van der Waals surface area contributed by atoms with Crippen molar-refractivity contribution in [2.75, 3.05) is 13.2 Å². The molecule has 0 aromatic rings. The summed E-state index contributed by atoms with van der Waals surface area (Å²) in [5, 5.41) is 23.0. The lowest BCUT2D eigenvalue weighted by atomic mass is 10.1. The van der Waals surface area contributed by atoms with Gasteiger partial charge in [-0.1, -0.05) is 185 Å². The van der Waals surface area contributed by atoms with Gasteiger partial charge in [-0.3, -0.25) is 9.59 Å². The van der Waals surface area contributed by atoms with Crippen LogP contribution < -0.4 is 5.32 Å². The molecule has 0 rings (SSSR count). The number of nitrogens with one attached hydrogen (secondary N) is 1. The van der Waals surface area contributed by atoms with Gasteiger partial charge in [-0.15, -0.1) is 0 Å². The van der Waals surface area contributed by atoms with Crippen molar-refractivity contribution in [1.29, 1.82) is 0 Å². The van der Waals surface area contributed by atoms with Crippen LogP contribution >= 0.6 is 0 Å². The van der Waals surface area contributed by atoms with Crippen LogP contribution in [-0.2, 0) is 14.3 Å². The van der Waals surface area contributed by atoms with Gasteiger partial charge in [0.15, 0.2) is 0 Å². The van der Waals surface area contributed by atoms with Gasteiger partial charge in [-0.05, 0) is 77.0 Å². The highest BCUT2D eigenvalue weighted by molar-refractivity contribution is 5.76. The molecule has 2 unspecified atom stereocenters. The van der Waals surface area contributed by atoms with Crippen molar-refractivity contribution < 1.29 is 24.5 Å². The summed E-state index contributed by atoms with van der Waals surface area (Å²) in [7, 11) is 0. The molecular formula is C49H91NO5. The Morgan fingerprint density at radius 3 is 1.35 bits per heavy atom. The number of carbonyl (C=O) groups excluding carboxylic acids is 2. The van der Waals surface area contributed by atoms with Crippen molar-refractivity contribution in [2.24, 2.45) is 0 Å².